The van der Waals surface area contributed by atoms with E-state index in [0.717, 1.165) is 6.42 Å². The Morgan fingerprint density at radius 1 is 1.43 bits per heavy atom. The Hall–Kier alpha value is 0.726. The van der Waals surface area contributed by atoms with Crippen LogP contribution in [-0.2, 0) is 0 Å². The van der Waals surface area contributed by atoms with Gasteiger partial charge in [-0.2, -0.15) is 6.42 Å². The van der Waals surface area contributed by atoms with Gasteiger partial charge < -0.3 is 12.4 Å². The van der Waals surface area contributed by atoms with E-state index in [1.54, 1.807) is 0 Å². The van der Waals surface area contributed by atoms with Gasteiger partial charge in [0, 0.05) is 0 Å². The van der Waals surface area contributed by atoms with E-state index < -0.39 is 0 Å². The normalized spacial score (nSPS) is 6.00. The van der Waals surface area contributed by atoms with Gasteiger partial charge in [0.25, 0.3) is 0 Å². The fourth-order valence-electron chi connectivity index (χ4n) is 0.250. The molecule has 0 saturated carbocycles. The van der Waals surface area contributed by atoms with Crippen LogP contribution in [0.15, 0.2) is 0 Å². The molecule has 0 unspecified atom stereocenters. The molecule has 0 radical (unpaired) electrons. The van der Waals surface area contributed by atoms with Gasteiger partial charge in [0.15, 0.2) is 0 Å². The van der Waals surface area contributed by atoms with E-state index >= 15 is 0 Å². The van der Waals surface area contributed by atoms with Crippen molar-refractivity contribution in [2.45, 2.75) is 26.2 Å². The van der Waals surface area contributed by atoms with Crippen LogP contribution in [0.2, 0.25) is 0 Å². The molecular formula is C5H13MgO+. The summed E-state index contributed by atoms with van der Waals surface area (Å²) < 4.78 is 0. The third-order valence-electron chi connectivity index (χ3n) is 0.604. The fraction of sp³-hybridized carbons (Fsp3) is 0.800. The summed E-state index contributed by atoms with van der Waals surface area (Å²) in [6, 6.07) is 0. The van der Waals surface area contributed by atoms with Crippen LogP contribution in [0.4, 0.5) is 0 Å². The monoisotopic (exact) mass is 113 g/mol. The molecule has 0 aliphatic carbocycles. The molecule has 2 N–H and O–H groups in total. The van der Waals surface area contributed by atoms with Gasteiger partial charge in [-0.05, 0) is 0 Å². The average Bonchev–Trinajstić information content (AvgIpc) is 1.41. The summed E-state index contributed by atoms with van der Waals surface area (Å²) in [7, 11) is 0. The van der Waals surface area contributed by atoms with E-state index in [2.05, 4.69) is 13.8 Å². The van der Waals surface area contributed by atoms with Crippen LogP contribution in [0.3, 0.4) is 0 Å². The summed E-state index contributed by atoms with van der Waals surface area (Å²) in [5.41, 5.74) is 0. The van der Waals surface area contributed by atoms with Gasteiger partial charge in [-0.15, -0.1) is 0 Å². The van der Waals surface area contributed by atoms with Gasteiger partial charge in [0.2, 0.25) is 0 Å². The maximum atomic E-state index is 3.68. The molecule has 0 rings (SSSR count). The number of unbranched alkanes of at least 4 members (excludes halogenated alkanes) is 2. The summed E-state index contributed by atoms with van der Waals surface area (Å²) in [5, 5.41) is 0. The van der Waals surface area contributed by atoms with Gasteiger partial charge >= 0.3 is 23.1 Å². The molecule has 2 heteroatoms. The Kier molecular flexibility index (Phi) is 35.5. The second-order valence-corrected chi connectivity index (χ2v) is 1.21. The van der Waals surface area contributed by atoms with E-state index in [4.69, 9.17) is 0 Å². The van der Waals surface area contributed by atoms with E-state index in [9.17, 15) is 0 Å². The minimum absolute atomic E-state index is 0. The van der Waals surface area contributed by atoms with Gasteiger partial charge in [-0.25, -0.2) is 0 Å². The zero-order valence-electron chi connectivity index (χ0n) is 5.04. The molecule has 0 fully saturated rings. The first-order valence-electron chi connectivity index (χ1n) is 2.21. The second-order valence-electron chi connectivity index (χ2n) is 1.21. The summed E-state index contributed by atoms with van der Waals surface area (Å²) >= 11 is 0. The molecule has 0 heterocycles. The quantitative estimate of drug-likeness (QED) is 0.375. The van der Waals surface area contributed by atoms with Gasteiger partial charge in [-0.1, -0.05) is 19.8 Å². The van der Waals surface area contributed by atoms with Crippen LogP contribution < -0.4 is 0 Å². The molecule has 0 amide bonds. The zero-order chi connectivity index (χ0) is 4.12. The van der Waals surface area contributed by atoms with Crippen molar-refractivity contribution in [3.63, 3.8) is 0 Å². The Bertz CT molecular complexity index is 15.6. The van der Waals surface area contributed by atoms with Crippen LogP contribution in [0.5, 0.6) is 0 Å². The molecule has 0 aromatic carbocycles. The molecule has 0 atom stereocenters. The molecule has 0 aliphatic heterocycles. The average molecular weight is 113 g/mol. The van der Waals surface area contributed by atoms with Crippen molar-refractivity contribution in [2.75, 3.05) is 0 Å². The summed E-state index contributed by atoms with van der Waals surface area (Å²) in [6.07, 6.45) is 3.65. The van der Waals surface area contributed by atoms with Crippen molar-refractivity contribution in [1.82, 2.24) is 0 Å². The third kappa shape index (κ3) is 20.2. The predicted molar refractivity (Wildman–Crippen MR) is 34.2 cm³/mol. The fourth-order valence-corrected chi connectivity index (χ4v) is 0.250. The smallest absolute Gasteiger partial charge is 0.412 e. The Labute approximate surface area is 61.9 Å². The van der Waals surface area contributed by atoms with Crippen LogP contribution in [0.25, 0.3) is 0 Å². The molecule has 0 aromatic heterocycles. The maximum absolute atomic E-state index is 3.68. The van der Waals surface area contributed by atoms with Crippen LogP contribution in [0, 0.1) is 6.92 Å². The first-order chi connectivity index (χ1) is 2.41. The zero-order valence-corrected chi connectivity index (χ0v) is 6.45. The first kappa shape index (κ1) is 15.6. The minimum Gasteiger partial charge on any atom is -0.412 e. The van der Waals surface area contributed by atoms with Crippen molar-refractivity contribution >= 4 is 23.1 Å². The van der Waals surface area contributed by atoms with E-state index in [1.807, 2.05) is 0 Å². The van der Waals surface area contributed by atoms with Crippen LogP contribution in [0.1, 0.15) is 26.2 Å². The van der Waals surface area contributed by atoms with Crippen molar-refractivity contribution < 1.29 is 5.48 Å². The van der Waals surface area contributed by atoms with Gasteiger partial charge in [0.05, 0.1) is 0 Å². The SMILES string of the molecule is O.[CH2-]CCCC.[Mg+2]. The van der Waals surface area contributed by atoms with Crippen molar-refractivity contribution in [2.24, 2.45) is 0 Å². The third-order valence-corrected chi connectivity index (χ3v) is 0.604. The molecule has 40 valence electrons. The summed E-state index contributed by atoms with van der Waals surface area (Å²) in [6.45, 7) is 5.85. The Morgan fingerprint density at radius 2 is 1.86 bits per heavy atom. The van der Waals surface area contributed by atoms with E-state index in [0.29, 0.717) is 0 Å². The Morgan fingerprint density at radius 3 is 1.86 bits per heavy atom. The van der Waals surface area contributed by atoms with Crippen molar-refractivity contribution in [3.05, 3.63) is 6.92 Å². The summed E-state index contributed by atoms with van der Waals surface area (Å²) in [4.78, 5) is 0. The topological polar surface area (TPSA) is 31.5 Å². The maximum Gasteiger partial charge on any atom is 2.00 e. The van der Waals surface area contributed by atoms with Gasteiger partial charge in [0.1, 0.15) is 0 Å². The van der Waals surface area contributed by atoms with E-state index in [-0.39, 0.29) is 28.5 Å². The molecule has 1 nitrogen and oxygen atoms in total. The standard InChI is InChI=1S/C5H11.Mg.H2O/c1-3-5-4-2;;/h1,3-5H2,2H3;;1H2/q-1;+2;. The molecule has 0 aliphatic rings. The molecule has 0 spiro atoms. The predicted octanol–water partition coefficient (Wildman–Crippen LogP) is 0.805. The number of hydrogen-bond acceptors (Lipinski definition) is 0. The number of rotatable bonds is 2. The summed E-state index contributed by atoms with van der Waals surface area (Å²) in [5.74, 6) is 0. The molecule has 0 bridgehead atoms. The van der Waals surface area contributed by atoms with E-state index in [1.165, 1.54) is 12.8 Å². The minimum atomic E-state index is 0. The molecule has 7 heavy (non-hydrogen) atoms. The van der Waals surface area contributed by atoms with Crippen LogP contribution in [-0.4, -0.2) is 28.5 Å². The molecule has 0 aromatic rings. The number of hydrogen-bond donors (Lipinski definition) is 0. The molecule has 0 saturated heterocycles. The first-order valence-corrected chi connectivity index (χ1v) is 2.21. The van der Waals surface area contributed by atoms with Gasteiger partial charge in [-0.3, -0.25) is 0 Å². The second kappa shape index (κ2) is 15.9. The Balaban J connectivity index is -0.0000000800. The molecular weight excluding hydrogens is 100 g/mol. The van der Waals surface area contributed by atoms with Crippen LogP contribution >= 0.6 is 0 Å². The largest absolute Gasteiger partial charge is 2.00 e. The van der Waals surface area contributed by atoms with Crippen molar-refractivity contribution in [3.8, 4) is 0 Å². The van der Waals surface area contributed by atoms with Crippen molar-refractivity contribution in [1.29, 1.82) is 0 Å².